The SMILES string of the molecule is CCOC(=O)c1sc(NC(=O)c2sc3nc(CC(C)C)ccc3c2N)c(C(=O)OCC)c1C. The number of carbonyl (C=O) groups excluding carboxylic acids is 3. The van der Waals surface area contributed by atoms with Crippen molar-refractivity contribution >= 4 is 61.4 Å². The Morgan fingerprint density at radius 3 is 2.36 bits per heavy atom. The van der Waals surface area contributed by atoms with Crippen LogP contribution in [0.2, 0.25) is 0 Å². The molecule has 0 fully saturated rings. The fourth-order valence-corrected chi connectivity index (χ4v) is 5.43. The molecule has 1 amide bonds. The molecule has 0 aliphatic rings. The van der Waals surface area contributed by atoms with Gasteiger partial charge in [0.2, 0.25) is 0 Å². The van der Waals surface area contributed by atoms with Gasteiger partial charge in [0.1, 0.15) is 19.6 Å². The molecule has 3 aromatic rings. The van der Waals surface area contributed by atoms with Crippen LogP contribution in [-0.4, -0.2) is 36.0 Å². The van der Waals surface area contributed by atoms with Crippen LogP contribution in [-0.2, 0) is 15.9 Å². The number of thiophene rings is 2. The molecule has 3 aromatic heterocycles. The number of aromatic nitrogens is 1. The van der Waals surface area contributed by atoms with Crippen molar-refractivity contribution < 1.29 is 23.9 Å². The van der Waals surface area contributed by atoms with Gasteiger partial charge >= 0.3 is 11.9 Å². The number of carbonyl (C=O) groups is 3. The summed E-state index contributed by atoms with van der Waals surface area (Å²) in [7, 11) is 0. The van der Waals surface area contributed by atoms with Crippen LogP contribution in [0.1, 0.15) is 68.7 Å². The normalized spacial score (nSPS) is 11.1. The maximum Gasteiger partial charge on any atom is 0.348 e. The van der Waals surface area contributed by atoms with E-state index in [2.05, 4.69) is 24.1 Å². The number of ether oxygens (including phenoxy) is 2. The highest BCUT2D eigenvalue weighted by Crippen LogP contribution is 2.37. The molecular weight excluding hydrogens is 462 g/mol. The lowest BCUT2D eigenvalue weighted by Crippen LogP contribution is -2.15. The Balaban J connectivity index is 1.98. The third-order valence-electron chi connectivity index (χ3n) is 4.79. The number of hydrogen-bond acceptors (Lipinski definition) is 9. The van der Waals surface area contributed by atoms with Crippen LogP contribution >= 0.6 is 22.7 Å². The first-order chi connectivity index (χ1) is 15.7. The summed E-state index contributed by atoms with van der Waals surface area (Å²) in [6.07, 6.45) is 0.823. The highest BCUT2D eigenvalue weighted by molar-refractivity contribution is 7.21. The number of hydrogen-bond donors (Lipinski definition) is 2. The maximum absolute atomic E-state index is 13.1. The number of pyridine rings is 1. The lowest BCUT2D eigenvalue weighted by atomic mass is 10.1. The molecule has 0 unspecified atom stereocenters. The predicted molar refractivity (Wildman–Crippen MR) is 131 cm³/mol. The van der Waals surface area contributed by atoms with Crippen LogP contribution in [0.3, 0.4) is 0 Å². The second-order valence-electron chi connectivity index (χ2n) is 7.75. The molecule has 0 atom stereocenters. The van der Waals surface area contributed by atoms with Crippen molar-refractivity contribution in [2.24, 2.45) is 5.92 Å². The quantitative estimate of drug-likeness (QED) is 0.425. The third kappa shape index (κ3) is 5.17. The summed E-state index contributed by atoms with van der Waals surface area (Å²) < 4.78 is 10.2. The summed E-state index contributed by atoms with van der Waals surface area (Å²) >= 11 is 2.17. The number of esters is 2. The van der Waals surface area contributed by atoms with Crippen LogP contribution in [0.25, 0.3) is 10.2 Å². The highest BCUT2D eigenvalue weighted by atomic mass is 32.1. The monoisotopic (exact) mass is 489 g/mol. The van der Waals surface area contributed by atoms with E-state index in [-0.39, 0.29) is 33.5 Å². The van der Waals surface area contributed by atoms with Gasteiger partial charge in [-0.25, -0.2) is 14.6 Å². The van der Waals surface area contributed by atoms with Crippen LogP contribution < -0.4 is 11.1 Å². The van der Waals surface area contributed by atoms with Gasteiger partial charge in [0.25, 0.3) is 5.91 Å². The summed E-state index contributed by atoms with van der Waals surface area (Å²) in [5, 5.41) is 3.67. The molecule has 0 radical (unpaired) electrons. The standard InChI is InChI=1S/C23H27N3O5S2/c1-6-30-22(28)15-12(5)17(23(29)31-7-2)32-21(15)26-19(27)18-16(24)14-9-8-13(10-11(3)4)25-20(14)33-18/h8-9,11H,6-7,10,24H2,1-5H3,(H,26,27). The first-order valence-electron chi connectivity index (χ1n) is 10.6. The number of nitrogen functional groups attached to an aromatic ring is 1. The van der Waals surface area contributed by atoms with E-state index >= 15 is 0 Å². The predicted octanol–water partition coefficient (Wildman–Crippen LogP) is 5.05. The lowest BCUT2D eigenvalue weighted by Gasteiger charge is -2.06. The van der Waals surface area contributed by atoms with Crippen molar-refractivity contribution in [3.05, 3.63) is 38.7 Å². The van der Waals surface area contributed by atoms with Crippen molar-refractivity contribution in [2.75, 3.05) is 24.3 Å². The van der Waals surface area contributed by atoms with Crippen molar-refractivity contribution in [1.29, 1.82) is 0 Å². The van der Waals surface area contributed by atoms with Gasteiger partial charge in [-0.1, -0.05) is 13.8 Å². The van der Waals surface area contributed by atoms with Crippen LogP contribution in [0, 0.1) is 12.8 Å². The molecule has 0 saturated heterocycles. The van der Waals surface area contributed by atoms with Crippen molar-refractivity contribution in [1.82, 2.24) is 4.98 Å². The molecule has 176 valence electrons. The minimum atomic E-state index is -0.624. The molecule has 3 N–H and O–H groups in total. The second-order valence-corrected chi connectivity index (χ2v) is 9.77. The van der Waals surface area contributed by atoms with E-state index in [0.29, 0.717) is 27.4 Å². The summed E-state index contributed by atoms with van der Waals surface area (Å²) in [4.78, 5) is 43.9. The van der Waals surface area contributed by atoms with E-state index in [1.54, 1.807) is 20.8 Å². The Morgan fingerprint density at radius 2 is 1.73 bits per heavy atom. The minimum absolute atomic E-state index is 0.135. The molecule has 0 bridgehead atoms. The number of amides is 1. The summed E-state index contributed by atoms with van der Waals surface area (Å²) in [5.74, 6) is -1.22. The molecule has 0 spiro atoms. The third-order valence-corrected chi connectivity index (χ3v) is 7.09. The summed E-state index contributed by atoms with van der Waals surface area (Å²) in [6.45, 7) is 9.58. The Bertz CT molecular complexity index is 1210. The number of nitrogens with two attached hydrogens (primary N) is 1. The second kappa shape index (κ2) is 10.3. The van der Waals surface area contributed by atoms with Crippen molar-refractivity contribution in [3.63, 3.8) is 0 Å². The van der Waals surface area contributed by atoms with Crippen molar-refractivity contribution in [2.45, 2.75) is 41.0 Å². The van der Waals surface area contributed by atoms with E-state index in [1.165, 1.54) is 11.3 Å². The number of anilines is 2. The number of fused-ring (bicyclic) bond motifs is 1. The fraction of sp³-hybridized carbons (Fsp3) is 0.391. The minimum Gasteiger partial charge on any atom is -0.462 e. The largest absolute Gasteiger partial charge is 0.462 e. The van der Waals surface area contributed by atoms with E-state index < -0.39 is 17.8 Å². The highest BCUT2D eigenvalue weighted by Gasteiger charge is 2.28. The number of nitrogens with zero attached hydrogens (tertiary/aromatic N) is 1. The van der Waals surface area contributed by atoms with E-state index in [0.717, 1.165) is 23.5 Å². The molecule has 10 heteroatoms. The van der Waals surface area contributed by atoms with Gasteiger partial charge in [-0.3, -0.25) is 4.79 Å². The van der Waals surface area contributed by atoms with Crippen molar-refractivity contribution in [3.8, 4) is 0 Å². The van der Waals surface area contributed by atoms with E-state index in [4.69, 9.17) is 15.2 Å². The Kier molecular flexibility index (Phi) is 7.70. The smallest absolute Gasteiger partial charge is 0.348 e. The summed E-state index contributed by atoms with van der Waals surface area (Å²) in [5.41, 5.74) is 8.05. The zero-order valence-electron chi connectivity index (χ0n) is 19.2. The average molecular weight is 490 g/mol. The maximum atomic E-state index is 13.1. The van der Waals surface area contributed by atoms with Gasteiger partial charge in [0.15, 0.2) is 0 Å². The molecule has 0 saturated carbocycles. The molecule has 3 rings (SSSR count). The van der Waals surface area contributed by atoms with Gasteiger partial charge in [0, 0.05) is 11.1 Å². The Morgan fingerprint density at radius 1 is 1.06 bits per heavy atom. The van der Waals surface area contributed by atoms with Gasteiger partial charge in [-0.05, 0) is 50.8 Å². The summed E-state index contributed by atoms with van der Waals surface area (Å²) in [6, 6.07) is 3.79. The number of rotatable bonds is 8. The molecule has 3 heterocycles. The topological polar surface area (TPSA) is 121 Å². The molecule has 0 aromatic carbocycles. The molecule has 0 aliphatic heterocycles. The first kappa shape index (κ1) is 24.7. The van der Waals surface area contributed by atoms with Crippen LogP contribution in [0.5, 0.6) is 0 Å². The zero-order chi connectivity index (χ0) is 24.3. The molecule has 0 aliphatic carbocycles. The van der Waals surface area contributed by atoms with E-state index in [9.17, 15) is 14.4 Å². The van der Waals surface area contributed by atoms with Gasteiger partial charge in [-0.2, -0.15) is 0 Å². The van der Waals surface area contributed by atoms with Gasteiger partial charge < -0.3 is 20.5 Å². The zero-order valence-corrected chi connectivity index (χ0v) is 20.9. The fourth-order valence-electron chi connectivity index (χ4n) is 3.34. The average Bonchev–Trinajstić information content (AvgIpc) is 3.24. The van der Waals surface area contributed by atoms with Gasteiger partial charge in [0.05, 0.1) is 24.5 Å². The number of nitrogens with one attached hydrogen (secondary N) is 1. The van der Waals surface area contributed by atoms with Crippen LogP contribution in [0.4, 0.5) is 10.7 Å². The first-order valence-corrected chi connectivity index (χ1v) is 12.3. The Labute approximate surface area is 200 Å². The molecular formula is C23H27N3O5S2. The van der Waals surface area contributed by atoms with Gasteiger partial charge in [-0.15, -0.1) is 22.7 Å². The Hall–Kier alpha value is -2.98. The van der Waals surface area contributed by atoms with E-state index in [1.807, 2.05) is 12.1 Å². The van der Waals surface area contributed by atoms with Crippen LogP contribution in [0.15, 0.2) is 12.1 Å². The molecule has 33 heavy (non-hydrogen) atoms. The molecule has 8 nitrogen and oxygen atoms in total. The lowest BCUT2D eigenvalue weighted by molar-refractivity contribution is 0.0527.